The second-order valence-electron chi connectivity index (χ2n) is 4.77. The molecule has 0 amide bonds. The number of benzene rings is 1. The molecule has 0 spiro atoms. The van der Waals surface area contributed by atoms with Crippen molar-refractivity contribution >= 4 is 5.69 Å². The molecule has 1 saturated heterocycles. The van der Waals surface area contributed by atoms with E-state index in [0.29, 0.717) is 17.4 Å². The van der Waals surface area contributed by atoms with Gasteiger partial charge in [0.1, 0.15) is 5.75 Å². The predicted molar refractivity (Wildman–Crippen MR) is 70.5 cm³/mol. The molecular weight excluding hydrogens is 230 g/mol. The van der Waals surface area contributed by atoms with E-state index in [1.807, 2.05) is 12.1 Å². The topological polar surface area (TPSA) is 64.7 Å². The third-order valence-electron chi connectivity index (χ3n) is 3.58. The molecule has 0 aromatic heterocycles. The lowest BCUT2D eigenvalue weighted by atomic mass is 9.90. The van der Waals surface area contributed by atoms with Gasteiger partial charge in [-0.25, -0.2) is 0 Å². The molecule has 1 fully saturated rings. The van der Waals surface area contributed by atoms with E-state index in [-0.39, 0.29) is 0 Å². The van der Waals surface area contributed by atoms with E-state index in [9.17, 15) is 5.11 Å². The number of hydrogen-bond acceptors (Lipinski definition) is 4. The highest BCUT2D eigenvalue weighted by Gasteiger charge is 2.21. The molecule has 1 aliphatic heterocycles. The summed E-state index contributed by atoms with van der Waals surface area (Å²) in [5.41, 5.74) is 7.30. The van der Waals surface area contributed by atoms with Gasteiger partial charge >= 0.3 is 0 Å². The van der Waals surface area contributed by atoms with Crippen molar-refractivity contribution in [1.29, 1.82) is 0 Å². The summed E-state index contributed by atoms with van der Waals surface area (Å²) in [4.78, 5) is 0. The summed E-state index contributed by atoms with van der Waals surface area (Å²) in [6.45, 7) is 1.59. The minimum atomic E-state index is -0.525. The van der Waals surface area contributed by atoms with Crippen molar-refractivity contribution in [3.8, 4) is 5.75 Å². The lowest BCUT2D eigenvalue weighted by molar-refractivity contribution is 0.0436. The first kappa shape index (κ1) is 13.2. The number of aliphatic hydroxyl groups excluding tert-OH is 1. The molecule has 1 aromatic carbocycles. The molecule has 1 unspecified atom stereocenters. The van der Waals surface area contributed by atoms with Crippen LogP contribution >= 0.6 is 0 Å². The monoisotopic (exact) mass is 251 g/mol. The van der Waals surface area contributed by atoms with Gasteiger partial charge in [-0.2, -0.15) is 0 Å². The summed E-state index contributed by atoms with van der Waals surface area (Å²) in [6.07, 6.45) is 2.24. The summed E-state index contributed by atoms with van der Waals surface area (Å²) in [5, 5.41) is 10.3. The quantitative estimate of drug-likeness (QED) is 0.805. The summed E-state index contributed by atoms with van der Waals surface area (Å²) >= 11 is 0. The fourth-order valence-corrected chi connectivity index (χ4v) is 2.45. The normalized spacial score (nSPS) is 18.6. The predicted octanol–water partition coefficient (Wildman–Crippen LogP) is 2.13. The Morgan fingerprint density at radius 1 is 1.44 bits per heavy atom. The largest absolute Gasteiger partial charge is 0.495 e. The maximum absolute atomic E-state index is 10.3. The highest BCUT2D eigenvalue weighted by Crippen LogP contribution is 2.34. The van der Waals surface area contributed by atoms with Crippen molar-refractivity contribution < 1.29 is 14.6 Å². The average molecular weight is 251 g/mol. The molecule has 0 aliphatic carbocycles. The standard InChI is InChI=1S/C14H21NO3/c1-17-13-4-2-3-11(14(13)15)12(16)9-10-5-7-18-8-6-10/h2-4,10,12,16H,5-9,15H2,1H3. The minimum absolute atomic E-state index is 0.513. The van der Waals surface area contributed by atoms with Crippen LogP contribution in [0.1, 0.15) is 30.9 Å². The van der Waals surface area contributed by atoms with Crippen LogP contribution in [0.25, 0.3) is 0 Å². The van der Waals surface area contributed by atoms with Gasteiger partial charge < -0.3 is 20.3 Å². The lowest BCUT2D eigenvalue weighted by Crippen LogP contribution is -2.18. The van der Waals surface area contributed by atoms with Gasteiger partial charge in [0.05, 0.1) is 18.9 Å². The van der Waals surface area contributed by atoms with Gasteiger partial charge in [0, 0.05) is 18.8 Å². The Labute approximate surface area is 108 Å². The molecule has 4 heteroatoms. The third kappa shape index (κ3) is 2.94. The molecular formula is C14H21NO3. The van der Waals surface area contributed by atoms with Gasteiger partial charge in [-0.05, 0) is 31.2 Å². The van der Waals surface area contributed by atoms with Crippen molar-refractivity contribution in [2.24, 2.45) is 5.92 Å². The van der Waals surface area contributed by atoms with Gasteiger partial charge in [0.25, 0.3) is 0 Å². The molecule has 0 bridgehead atoms. The van der Waals surface area contributed by atoms with E-state index >= 15 is 0 Å². The summed E-state index contributed by atoms with van der Waals surface area (Å²) < 4.78 is 10.5. The van der Waals surface area contributed by atoms with Crippen LogP contribution in [0.4, 0.5) is 5.69 Å². The number of ether oxygens (including phenoxy) is 2. The highest BCUT2D eigenvalue weighted by molar-refractivity contribution is 5.59. The summed E-state index contributed by atoms with van der Waals surface area (Å²) in [5.74, 6) is 1.14. The Hall–Kier alpha value is -1.26. The molecule has 0 saturated carbocycles. The number of rotatable bonds is 4. The van der Waals surface area contributed by atoms with Crippen molar-refractivity contribution in [3.63, 3.8) is 0 Å². The molecule has 2 rings (SSSR count). The van der Waals surface area contributed by atoms with Crippen LogP contribution in [-0.2, 0) is 4.74 Å². The van der Waals surface area contributed by atoms with Gasteiger partial charge in [-0.1, -0.05) is 12.1 Å². The number of methoxy groups -OCH3 is 1. The van der Waals surface area contributed by atoms with Crippen molar-refractivity contribution in [2.75, 3.05) is 26.1 Å². The molecule has 1 atom stereocenters. The second-order valence-corrected chi connectivity index (χ2v) is 4.77. The van der Waals surface area contributed by atoms with Crippen molar-refractivity contribution in [3.05, 3.63) is 23.8 Å². The third-order valence-corrected chi connectivity index (χ3v) is 3.58. The molecule has 3 N–H and O–H groups in total. The van der Waals surface area contributed by atoms with Crippen LogP contribution in [0.5, 0.6) is 5.75 Å². The maximum Gasteiger partial charge on any atom is 0.142 e. The molecule has 1 aliphatic rings. The Kier molecular flexibility index (Phi) is 4.44. The Bertz CT molecular complexity index is 389. The van der Waals surface area contributed by atoms with E-state index in [4.69, 9.17) is 15.2 Å². The van der Waals surface area contributed by atoms with Crippen LogP contribution < -0.4 is 10.5 Å². The smallest absolute Gasteiger partial charge is 0.142 e. The van der Waals surface area contributed by atoms with Crippen LogP contribution in [0.2, 0.25) is 0 Å². The molecule has 4 nitrogen and oxygen atoms in total. The van der Waals surface area contributed by atoms with Gasteiger partial charge in [0.15, 0.2) is 0 Å². The van der Waals surface area contributed by atoms with Gasteiger partial charge in [0.2, 0.25) is 0 Å². The zero-order valence-electron chi connectivity index (χ0n) is 10.8. The number of anilines is 1. The van der Waals surface area contributed by atoms with E-state index in [1.165, 1.54) is 0 Å². The van der Waals surface area contributed by atoms with E-state index in [1.54, 1.807) is 13.2 Å². The van der Waals surface area contributed by atoms with Crippen molar-refractivity contribution in [1.82, 2.24) is 0 Å². The Balaban J connectivity index is 2.05. The molecule has 0 radical (unpaired) electrons. The number of nitrogen functional groups attached to an aromatic ring is 1. The minimum Gasteiger partial charge on any atom is -0.495 e. The van der Waals surface area contributed by atoms with E-state index in [0.717, 1.165) is 38.0 Å². The first-order valence-electron chi connectivity index (χ1n) is 6.40. The molecule has 18 heavy (non-hydrogen) atoms. The average Bonchev–Trinajstić information content (AvgIpc) is 2.40. The number of nitrogens with two attached hydrogens (primary N) is 1. The van der Waals surface area contributed by atoms with Gasteiger partial charge in [-0.15, -0.1) is 0 Å². The second kappa shape index (κ2) is 6.07. The Morgan fingerprint density at radius 2 is 2.17 bits per heavy atom. The first-order chi connectivity index (χ1) is 8.72. The maximum atomic E-state index is 10.3. The van der Waals surface area contributed by atoms with Crippen LogP contribution in [0.3, 0.4) is 0 Å². The van der Waals surface area contributed by atoms with Crippen LogP contribution in [0.15, 0.2) is 18.2 Å². The zero-order valence-corrected chi connectivity index (χ0v) is 10.8. The molecule has 1 aromatic rings. The number of aliphatic hydroxyl groups is 1. The van der Waals surface area contributed by atoms with Crippen LogP contribution in [0, 0.1) is 5.92 Å². The summed E-state index contributed by atoms with van der Waals surface area (Å²) in [7, 11) is 1.58. The van der Waals surface area contributed by atoms with Crippen molar-refractivity contribution in [2.45, 2.75) is 25.4 Å². The number of para-hydroxylation sites is 1. The van der Waals surface area contributed by atoms with Gasteiger partial charge in [-0.3, -0.25) is 0 Å². The highest BCUT2D eigenvalue weighted by atomic mass is 16.5. The van der Waals surface area contributed by atoms with Crippen LogP contribution in [-0.4, -0.2) is 25.4 Å². The SMILES string of the molecule is COc1cccc(C(O)CC2CCOCC2)c1N. The number of hydrogen-bond donors (Lipinski definition) is 2. The Morgan fingerprint density at radius 3 is 2.83 bits per heavy atom. The fourth-order valence-electron chi connectivity index (χ4n) is 2.45. The lowest BCUT2D eigenvalue weighted by Gasteiger charge is -2.25. The molecule has 100 valence electrons. The van der Waals surface area contributed by atoms with E-state index in [2.05, 4.69) is 0 Å². The zero-order chi connectivity index (χ0) is 13.0. The molecule has 1 heterocycles. The fraction of sp³-hybridized carbons (Fsp3) is 0.571. The summed E-state index contributed by atoms with van der Waals surface area (Å²) in [6, 6.07) is 5.53. The van der Waals surface area contributed by atoms with E-state index < -0.39 is 6.10 Å². The first-order valence-corrected chi connectivity index (χ1v) is 6.40.